The Morgan fingerprint density at radius 2 is 0.594 bits per heavy atom. The number of aromatic nitrogens is 5. The fraction of sp³-hybridized carbons (Fsp3) is 0.143. The maximum absolute atomic E-state index is 10.0. The molecule has 0 aliphatic rings. The number of allylic oxidation sites excluding steroid dienone is 10. The number of hydrogen-bond donors (Lipinski definition) is 7. The van der Waals surface area contributed by atoms with E-state index in [1.807, 2.05) is 206 Å². The quantitative estimate of drug-likeness (QED) is 0.0320. The second-order valence-electron chi connectivity index (χ2n) is 27.5. The number of fused-ring (bicyclic) bond motifs is 5. The first-order valence-electron chi connectivity index (χ1n) is 38.9. The number of rotatable bonds is 13. The first-order valence-corrected chi connectivity index (χ1v) is 38.9. The normalized spacial score (nSPS) is 10.4. The van der Waals surface area contributed by atoms with Gasteiger partial charge in [-0.3, -0.25) is 48.9 Å². The number of methoxy groups -OCH3 is 1. The van der Waals surface area contributed by atoms with Gasteiger partial charge in [-0.1, -0.05) is 166 Å². The van der Waals surface area contributed by atoms with Crippen molar-refractivity contribution in [2.75, 3.05) is 7.11 Å². The van der Waals surface area contributed by atoms with Crippen LogP contribution in [0.25, 0.3) is 111 Å². The second-order valence-corrected chi connectivity index (χ2v) is 27.5. The Morgan fingerprint density at radius 3 is 0.867 bits per heavy atom. The number of carbonyl (C=O) groups is 5. The molecule has 18 nitrogen and oxygen atoms in total. The summed E-state index contributed by atoms with van der Waals surface area (Å²) in [6, 6.07) is 106. The van der Waals surface area contributed by atoms with Crippen molar-refractivity contribution < 1.29 is 165 Å². The molecule has 0 atom stereocenters. The van der Waals surface area contributed by atoms with E-state index in [1.54, 1.807) is 7.11 Å². The number of nitrogens with zero attached hydrogens (tertiary/aromatic N) is 5. The SMILES string of the molecule is CC(=O)C=C(C)O.CC(=O)C=C(C)O.CC(=O)C=C(C)O.CC(=O)C=C(C)O.CC(=O)C=C(C)O.COc1c[c-]c(-c2ccc3ccccc3n2)cc1.Cc1ccc[c-]c1-c1ccc2ccccc2n1.Cc1ccc[c-]c1-c1ccc2ccccc2n1.OCc1cc[c-]c(-c2ccc3ccccc3n2)c1.OCc1ccc[c-]c1-c1ccc2ccccc2n1.[Ir].[Ir].[Ir].[Ir].[Ir]. The number of aliphatic hydroxyl groups is 7. The van der Waals surface area contributed by atoms with Crippen molar-refractivity contribution in [3.8, 4) is 62.0 Å². The fourth-order valence-electron chi connectivity index (χ4n) is 11.4. The van der Waals surface area contributed by atoms with E-state index in [-0.39, 0.29) is 171 Å². The number of ketones is 5. The maximum atomic E-state index is 10.0. The molecule has 7 N–H and O–H groups in total. The van der Waals surface area contributed by atoms with Crippen LogP contribution in [-0.4, -0.2) is 96.7 Å². The number of aliphatic hydroxyl groups excluding tert-OH is 7. The Hall–Kier alpha value is -11.7. The summed E-state index contributed by atoms with van der Waals surface area (Å²) in [5.41, 5.74) is 18.7. The Labute approximate surface area is 816 Å². The van der Waals surface area contributed by atoms with Crippen LogP contribution in [-0.2, 0) is 138 Å². The summed E-state index contributed by atoms with van der Waals surface area (Å²) in [5.74, 6) is 0.493. The summed E-state index contributed by atoms with van der Waals surface area (Å²) in [5, 5.41) is 66.0. The van der Waals surface area contributed by atoms with Gasteiger partial charge in [-0.15, -0.1) is 171 Å². The van der Waals surface area contributed by atoms with E-state index in [1.165, 1.54) is 122 Å². The maximum Gasteiger partial charge on any atom is 0.155 e. The van der Waals surface area contributed by atoms with Crippen LogP contribution in [0.5, 0.6) is 5.75 Å². The first kappa shape index (κ1) is 114. The standard InChI is InChI=1S/3C16H12NO.2C16H12N.5C5H8O2.5Ir/c1-18-14-9-6-13(7-10-14)16-11-8-12-4-2-3-5-15(12)17-16;18-11-13-6-1-3-7-14(13)16-10-9-12-5-2-4-8-15(12)17-16;18-11-12-4-3-6-14(10-12)16-9-8-13-5-1-2-7-15(13)17-16;2*1-12-6-2-4-8-14(12)16-11-10-13-7-3-5-9-15(13)17-16;5*1-4(6)3-5(2)7;;;;;/h2-6,8-11H,1H3;1-6,8-10,18H,11H2;1-5,7-10,18H,11H2;2*2-7,9-11H,1H3;5*3,6H,1-2H3;;;;;/q5*-1;;;;;;;;;;. The summed E-state index contributed by atoms with van der Waals surface area (Å²) in [7, 11) is 1.65. The Bertz CT molecular complexity index is 5920. The number of carbonyl (C=O) groups excluding carboxylic acids is 5. The Balaban J connectivity index is 0.000000727. The van der Waals surface area contributed by atoms with Gasteiger partial charge in [0.25, 0.3) is 0 Å². The third-order valence-corrected chi connectivity index (χ3v) is 16.7. The molecular weight excluding hydrogens is 2500 g/mol. The summed E-state index contributed by atoms with van der Waals surface area (Å²) in [6.07, 6.45) is 5.83. The molecule has 23 heteroatoms. The van der Waals surface area contributed by atoms with E-state index in [0.29, 0.717) is 0 Å². The van der Waals surface area contributed by atoms with Crippen LogP contribution in [0.1, 0.15) is 91.5 Å². The van der Waals surface area contributed by atoms with Gasteiger partial charge >= 0.3 is 0 Å². The predicted molar refractivity (Wildman–Crippen MR) is 493 cm³/mol. The number of pyridine rings is 5. The molecule has 5 radical (unpaired) electrons. The molecule has 673 valence electrons. The topological polar surface area (TPSA) is 301 Å². The van der Waals surface area contributed by atoms with Gasteiger partial charge in [0.15, 0.2) is 28.9 Å². The zero-order valence-electron chi connectivity index (χ0n) is 72.8. The van der Waals surface area contributed by atoms with Crippen molar-refractivity contribution in [2.24, 2.45) is 0 Å². The van der Waals surface area contributed by atoms with Crippen LogP contribution < -0.4 is 4.74 Å². The van der Waals surface area contributed by atoms with Gasteiger partial charge in [0.05, 0.1) is 70.1 Å². The minimum atomic E-state index is -0.125. The van der Waals surface area contributed by atoms with Crippen molar-refractivity contribution in [2.45, 2.75) is 96.3 Å². The predicted octanol–water partition coefficient (Wildman–Crippen LogP) is 23.3. The summed E-state index contributed by atoms with van der Waals surface area (Å²) in [6.45, 7) is 18.5. The van der Waals surface area contributed by atoms with Gasteiger partial charge in [0.2, 0.25) is 0 Å². The minimum absolute atomic E-state index is 0. The Morgan fingerprint density at radius 1 is 0.305 bits per heavy atom. The molecule has 0 fully saturated rings. The molecule has 10 aromatic carbocycles. The molecule has 0 aliphatic carbocycles. The van der Waals surface area contributed by atoms with Crippen molar-refractivity contribution in [3.05, 3.63) is 385 Å². The van der Waals surface area contributed by atoms with Crippen LogP contribution in [0.4, 0.5) is 0 Å². The monoisotopic (exact) mass is 2600 g/mol. The van der Waals surface area contributed by atoms with E-state index in [2.05, 4.69) is 136 Å². The fourth-order valence-corrected chi connectivity index (χ4v) is 11.4. The van der Waals surface area contributed by atoms with E-state index in [4.69, 9.17) is 35.4 Å². The summed E-state index contributed by atoms with van der Waals surface area (Å²) in [4.78, 5) is 73.3. The second kappa shape index (κ2) is 61.6. The number of benzene rings is 10. The molecule has 0 saturated carbocycles. The van der Waals surface area contributed by atoms with E-state index in [0.717, 1.165) is 117 Å². The van der Waals surface area contributed by atoms with Crippen molar-refractivity contribution in [1.82, 2.24) is 24.9 Å². The molecule has 128 heavy (non-hydrogen) atoms. The molecular formula is C105H100Ir5N5O13-5. The molecule has 0 bridgehead atoms. The first-order chi connectivity index (χ1) is 58.9. The van der Waals surface area contributed by atoms with Gasteiger partial charge in [0.1, 0.15) is 0 Å². The van der Waals surface area contributed by atoms with Crippen LogP contribution in [0.15, 0.2) is 332 Å². The molecule has 0 spiro atoms. The number of ether oxygens (including phenoxy) is 1. The molecule has 0 unspecified atom stereocenters. The van der Waals surface area contributed by atoms with Crippen molar-refractivity contribution in [1.29, 1.82) is 0 Å². The Kier molecular flexibility index (Phi) is 55.0. The summed E-state index contributed by atoms with van der Waals surface area (Å²) < 4.78 is 5.12. The van der Waals surface area contributed by atoms with Gasteiger partial charge in [-0.2, -0.15) is 0 Å². The smallest absolute Gasteiger partial charge is 0.155 e. The molecule has 15 aromatic rings. The number of para-hydroxylation sites is 5. The van der Waals surface area contributed by atoms with Gasteiger partial charge < -0.3 is 40.5 Å². The average molecular weight is 2600 g/mol. The largest absolute Gasteiger partial charge is 0.540 e. The summed E-state index contributed by atoms with van der Waals surface area (Å²) >= 11 is 0. The third kappa shape index (κ3) is 41.8. The van der Waals surface area contributed by atoms with Gasteiger partial charge in [-0.05, 0) is 155 Å². The van der Waals surface area contributed by atoms with Crippen LogP contribution in [0.2, 0.25) is 0 Å². The van der Waals surface area contributed by atoms with E-state index >= 15 is 0 Å². The zero-order valence-corrected chi connectivity index (χ0v) is 84.7. The molecule has 5 heterocycles. The van der Waals surface area contributed by atoms with Crippen molar-refractivity contribution >= 4 is 83.4 Å². The minimum Gasteiger partial charge on any atom is -0.540 e. The number of aryl methyl sites for hydroxylation is 2. The van der Waals surface area contributed by atoms with Crippen molar-refractivity contribution in [3.63, 3.8) is 0 Å². The van der Waals surface area contributed by atoms with Crippen LogP contribution in [0.3, 0.4) is 0 Å². The van der Waals surface area contributed by atoms with Crippen LogP contribution in [0, 0.1) is 44.2 Å². The van der Waals surface area contributed by atoms with E-state index in [9.17, 15) is 29.1 Å². The zero-order chi connectivity index (χ0) is 89.8. The third-order valence-electron chi connectivity index (χ3n) is 16.7. The molecule has 0 amide bonds. The van der Waals surface area contributed by atoms with Crippen LogP contribution >= 0.6 is 0 Å². The molecule has 0 saturated heterocycles. The van der Waals surface area contributed by atoms with Gasteiger partial charge in [0, 0.05) is 143 Å². The van der Waals surface area contributed by atoms with Gasteiger partial charge in [-0.25, -0.2) is 0 Å². The number of hydrogen-bond acceptors (Lipinski definition) is 18. The average Bonchev–Trinajstić information content (AvgIpc) is 0.839. The molecule has 5 aromatic heterocycles. The van der Waals surface area contributed by atoms with E-state index < -0.39 is 0 Å². The molecule has 0 aliphatic heterocycles. The molecule has 15 rings (SSSR count).